The minimum absolute atomic E-state index is 0.00490. The third-order valence-electron chi connectivity index (χ3n) is 12.4. The first-order valence-corrected chi connectivity index (χ1v) is 18.4. The average Bonchev–Trinajstić information content (AvgIpc) is 3.03. The smallest absolute Gasteiger partial charge is 0.313 e. The third-order valence-corrected chi connectivity index (χ3v) is 12.4. The van der Waals surface area contributed by atoms with E-state index in [1.165, 1.54) is 7.11 Å². The Hall–Kier alpha value is -2.72. The first-order chi connectivity index (χ1) is 23.3. The van der Waals surface area contributed by atoms with Crippen molar-refractivity contribution in [2.24, 2.45) is 29.1 Å². The molecule has 9 heteroatoms. The van der Waals surface area contributed by atoms with Gasteiger partial charge in [-0.25, -0.2) is 0 Å². The van der Waals surface area contributed by atoms with Gasteiger partial charge in [0.05, 0.1) is 36.4 Å². The lowest BCUT2D eigenvalue weighted by atomic mass is 9.53. The highest BCUT2D eigenvalue weighted by Crippen LogP contribution is 2.55. The van der Waals surface area contributed by atoms with Gasteiger partial charge < -0.3 is 24.8 Å². The number of allylic oxidation sites excluding steroid dienone is 7. The van der Waals surface area contributed by atoms with Crippen molar-refractivity contribution in [3.8, 4) is 0 Å². The van der Waals surface area contributed by atoms with Gasteiger partial charge in [-0.15, -0.1) is 0 Å². The maximum Gasteiger partial charge on any atom is 0.313 e. The Morgan fingerprint density at radius 1 is 0.960 bits per heavy atom. The lowest BCUT2D eigenvalue weighted by Gasteiger charge is -2.50. The SMILES string of the molecule is COC(=O)[C@]12CC(=O)[C@H](C(C)C)CC(=O)/C(C)=C\CC/C(C)=C/C(=O)[C@H]1CC(C)=C1C[C@H](O)[C@](C)(O)[C@H]3CC[C@@](C)(O)[C@@H](CC/C(C)=C\[C@H]12)O3. The van der Waals surface area contributed by atoms with Crippen LogP contribution >= 0.6 is 0 Å². The van der Waals surface area contributed by atoms with Crippen LogP contribution in [-0.2, 0) is 28.7 Å². The van der Waals surface area contributed by atoms with Crippen molar-refractivity contribution in [2.75, 3.05) is 7.11 Å². The summed E-state index contributed by atoms with van der Waals surface area (Å²) >= 11 is 0. The molecule has 50 heavy (non-hydrogen) atoms. The van der Waals surface area contributed by atoms with Gasteiger partial charge in [0.15, 0.2) is 11.6 Å². The predicted octanol–water partition coefficient (Wildman–Crippen LogP) is 6.09. The number of Topliss-reactive ketones (excluding diaryl/α,β-unsaturated/α-hetero) is 2. The molecular formula is C41H60O9. The van der Waals surface area contributed by atoms with Crippen LogP contribution in [0.3, 0.4) is 0 Å². The van der Waals surface area contributed by atoms with Gasteiger partial charge in [-0.1, -0.05) is 48.3 Å². The Morgan fingerprint density at radius 3 is 2.28 bits per heavy atom. The molecule has 278 valence electrons. The Labute approximate surface area is 298 Å². The Balaban J connectivity index is 2.00. The van der Waals surface area contributed by atoms with Crippen molar-refractivity contribution < 1.29 is 44.0 Å². The molecule has 0 unspecified atom stereocenters. The lowest BCUT2D eigenvalue weighted by Crippen LogP contribution is -2.59. The van der Waals surface area contributed by atoms with Crippen LogP contribution in [-0.4, -0.2) is 75.3 Å². The number of carbonyl (C=O) groups excluding carboxylic acids is 4. The number of hydrogen-bond acceptors (Lipinski definition) is 9. The van der Waals surface area contributed by atoms with Gasteiger partial charge >= 0.3 is 5.97 Å². The van der Waals surface area contributed by atoms with Crippen LogP contribution in [0.4, 0.5) is 0 Å². The number of methoxy groups -OCH3 is 1. The molecule has 0 amide bonds. The molecule has 1 fully saturated rings. The molecule has 0 aromatic carbocycles. The highest BCUT2D eigenvalue weighted by Gasteiger charge is 2.60. The number of ether oxygens (including phenoxy) is 2. The van der Waals surface area contributed by atoms with Crippen LogP contribution < -0.4 is 0 Å². The van der Waals surface area contributed by atoms with E-state index in [2.05, 4.69) is 0 Å². The number of hydrogen-bond donors (Lipinski definition) is 3. The molecule has 0 spiro atoms. The molecule has 0 radical (unpaired) electrons. The number of ketones is 3. The highest BCUT2D eigenvalue weighted by molar-refractivity contribution is 6.02. The summed E-state index contributed by atoms with van der Waals surface area (Å²) in [7, 11) is 1.27. The van der Waals surface area contributed by atoms with E-state index in [4.69, 9.17) is 9.47 Å². The molecule has 0 aromatic heterocycles. The quantitative estimate of drug-likeness (QED) is 0.231. The Morgan fingerprint density at radius 2 is 1.64 bits per heavy atom. The molecule has 9 atom stereocenters. The second-order valence-corrected chi connectivity index (χ2v) is 16.5. The largest absolute Gasteiger partial charge is 0.469 e. The number of aliphatic hydroxyl groups is 3. The van der Waals surface area contributed by atoms with E-state index >= 15 is 0 Å². The second kappa shape index (κ2) is 15.5. The van der Waals surface area contributed by atoms with E-state index in [0.717, 1.165) is 16.7 Å². The van der Waals surface area contributed by atoms with Crippen LogP contribution in [0.25, 0.3) is 0 Å². The average molecular weight is 697 g/mol. The number of aliphatic hydroxyl groups excluding tert-OH is 1. The van der Waals surface area contributed by atoms with E-state index in [-0.39, 0.29) is 49.0 Å². The molecule has 2 bridgehead atoms. The van der Waals surface area contributed by atoms with Crippen molar-refractivity contribution in [1.29, 1.82) is 0 Å². The molecule has 2 aliphatic carbocycles. The Kier molecular flexibility index (Phi) is 12.4. The van der Waals surface area contributed by atoms with Crippen LogP contribution in [0.2, 0.25) is 0 Å². The summed E-state index contributed by atoms with van der Waals surface area (Å²) in [5, 5.41) is 34.9. The van der Waals surface area contributed by atoms with Gasteiger partial charge in [0.2, 0.25) is 0 Å². The van der Waals surface area contributed by atoms with Crippen molar-refractivity contribution in [3.05, 3.63) is 46.1 Å². The topological polar surface area (TPSA) is 147 Å². The molecule has 4 rings (SSSR count). The molecular weight excluding hydrogens is 636 g/mol. The first-order valence-electron chi connectivity index (χ1n) is 18.4. The fourth-order valence-corrected chi connectivity index (χ4v) is 8.79. The summed E-state index contributed by atoms with van der Waals surface area (Å²) in [6, 6.07) is 0. The van der Waals surface area contributed by atoms with E-state index in [9.17, 15) is 34.5 Å². The molecule has 4 aliphatic rings. The zero-order valence-electron chi connectivity index (χ0n) is 31.6. The van der Waals surface area contributed by atoms with E-state index in [1.54, 1.807) is 26.8 Å². The van der Waals surface area contributed by atoms with Gasteiger partial charge in [-0.2, -0.15) is 0 Å². The zero-order valence-corrected chi connectivity index (χ0v) is 31.6. The van der Waals surface area contributed by atoms with E-state index < -0.39 is 58.7 Å². The number of carbonyl (C=O) groups is 4. The third kappa shape index (κ3) is 8.01. The van der Waals surface area contributed by atoms with Gasteiger partial charge in [-0.05, 0) is 110 Å². The van der Waals surface area contributed by atoms with Gasteiger partial charge in [-0.3, -0.25) is 19.2 Å². The fraction of sp³-hybridized carbons (Fsp3) is 0.707. The van der Waals surface area contributed by atoms with Crippen LogP contribution in [0.15, 0.2) is 46.1 Å². The van der Waals surface area contributed by atoms with Crippen molar-refractivity contribution in [2.45, 2.75) is 149 Å². The van der Waals surface area contributed by atoms with Crippen LogP contribution in [0.1, 0.15) is 120 Å². The fourth-order valence-electron chi connectivity index (χ4n) is 8.79. The summed E-state index contributed by atoms with van der Waals surface area (Å²) < 4.78 is 11.9. The summed E-state index contributed by atoms with van der Waals surface area (Å²) in [6.45, 7) is 14.5. The molecule has 0 saturated carbocycles. The second-order valence-electron chi connectivity index (χ2n) is 16.5. The lowest BCUT2D eigenvalue weighted by molar-refractivity contribution is -0.234. The standard InChI is InChI=1S/C41H60O9/c1-23(2)28-20-32(42)26(5)12-10-11-24(3)18-33(43)31-19-27(6)29-21-35(45)40(8,48)37-15-16-39(7,47)36(50-37)14-13-25(4)17-30(29)41(31,22-34(28)44)38(46)49-9/h12,17-18,23,28,30-31,35-37,45,47-48H,10-11,13-16,19-22H2,1-9H3/b24-18+,25-17-,26-12-/t28-,30+,31+,35-,36+,37+,39+,40-,41-/m0/s1. The van der Waals surface area contributed by atoms with Crippen molar-refractivity contribution in [1.82, 2.24) is 0 Å². The van der Waals surface area contributed by atoms with Gasteiger partial charge in [0, 0.05) is 30.6 Å². The van der Waals surface area contributed by atoms with Crippen LogP contribution in [0, 0.1) is 29.1 Å². The number of esters is 1. The molecule has 3 N–H and O–H groups in total. The van der Waals surface area contributed by atoms with E-state index in [1.807, 2.05) is 46.8 Å². The molecule has 0 aromatic rings. The minimum atomic E-state index is -1.71. The Bertz CT molecular complexity index is 1470. The molecule has 9 nitrogen and oxygen atoms in total. The summed E-state index contributed by atoms with van der Waals surface area (Å²) in [4.78, 5) is 57.1. The maximum absolute atomic E-state index is 14.6. The predicted molar refractivity (Wildman–Crippen MR) is 191 cm³/mol. The van der Waals surface area contributed by atoms with Gasteiger partial charge in [0.1, 0.15) is 11.4 Å². The van der Waals surface area contributed by atoms with Crippen molar-refractivity contribution in [3.63, 3.8) is 0 Å². The van der Waals surface area contributed by atoms with Gasteiger partial charge in [0.25, 0.3) is 0 Å². The van der Waals surface area contributed by atoms with E-state index in [0.29, 0.717) is 49.7 Å². The number of rotatable bonds is 2. The molecule has 2 aliphatic heterocycles. The maximum atomic E-state index is 14.6. The number of fused-ring (bicyclic) bond motifs is 5. The van der Waals surface area contributed by atoms with Crippen molar-refractivity contribution >= 4 is 23.3 Å². The molecule has 1 saturated heterocycles. The minimum Gasteiger partial charge on any atom is -0.469 e. The van der Waals surface area contributed by atoms with Crippen LogP contribution in [0.5, 0.6) is 0 Å². The normalized spacial score (nSPS) is 41.5. The molecule has 2 heterocycles. The monoisotopic (exact) mass is 696 g/mol. The zero-order chi connectivity index (χ0) is 37.3. The first kappa shape index (κ1) is 40.1. The summed E-state index contributed by atoms with van der Waals surface area (Å²) in [6.07, 6.45) is 5.25. The highest BCUT2D eigenvalue weighted by atomic mass is 16.5. The summed E-state index contributed by atoms with van der Waals surface area (Å²) in [5.74, 6) is -4.06. The summed E-state index contributed by atoms with van der Waals surface area (Å²) in [5.41, 5.74) is -0.799.